The number of nitrogen functional groups attached to an aromatic ring is 1. The van der Waals surface area contributed by atoms with Crippen LogP contribution < -0.4 is 11.1 Å². The van der Waals surface area contributed by atoms with Gasteiger partial charge in [-0.05, 0) is 0 Å². The van der Waals surface area contributed by atoms with Crippen molar-refractivity contribution in [2.45, 2.75) is 6.54 Å². The molecule has 2 heterocycles. The lowest BCUT2D eigenvalue weighted by molar-refractivity contribution is 1.09. The van der Waals surface area contributed by atoms with E-state index in [1.807, 2.05) is 6.20 Å². The van der Waals surface area contributed by atoms with Gasteiger partial charge in [-0.15, -0.1) is 0 Å². The summed E-state index contributed by atoms with van der Waals surface area (Å²) >= 11 is 1.24. The second-order valence-corrected chi connectivity index (χ2v) is 3.17. The zero-order valence-electron chi connectivity index (χ0n) is 6.69. The highest BCUT2D eigenvalue weighted by molar-refractivity contribution is 7.09. The molecular formula is C6H8N6S. The van der Waals surface area contributed by atoms with Crippen molar-refractivity contribution in [2.75, 3.05) is 11.1 Å². The van der Waals surface area contributed by atoms with E-state index < -0.39 is 0 Å². The molecule has 0 aliphatic rings. The molecule has 0 saturated carbocycles. The van der Waals surface area contributed by atoms with Crippen LogP contribution in [0.4, 0.5) is 11.1 Å². The van der Waals surface area contributed by atoms with Gasteiger partial charge < -0.3 is 11.1 Å². The Hall–Kier alpha value is -1.63. The summed E-state index contributed by atoms with van der Waals surface area (Å²) < 4.78 is 3.84. The molecule has 0 aliphatic heterocycles. The van der Waals surface area contributed by atoms with Gasteiger partial charge in [0.05, 0.1) is 6.20 Å². The van der Waals surface area contributed by atoms with Gasteiger partial charge in [-0.3, -0.25) is 5.10 Å². The first-order valence-electron chi connectivity index (χ1n) is 3.65. The van der Waals surface area contributed by atoms with Crippen molar-refractivity contribution in [2.24, 2.45) is 0 Å². The fourth-order valence-corrected chi connectivity index (χ4v) is 1.35. The van der Waals surface area contributed by atoms with Crippen molar-refractivity contribution in [3.63, 3.8) is 0 Å². The third-order valence-electron chi connectivity index (χ3n) is 1.44. The molecule has 0 spiro atoms. The van der Waals surface area contributed by atoms with Gasteiger partial charge in [-0.1, -0.05) is 0 Å². The van der Waals surface area contributed by atoms with Gasteiger partial charge in [0.2, 0.25) is 11.1 Å². The lowest BCUT2D eigenvalue weighted by Crippen LogP contribution is -1.97. The minimum Gasteiger partial charge on any atom is -0.367 e. The van der Waals surface area contributed by atoms with Crippen LogP contribution in [0.15, 0.2) is 12.4 Å². The Balaban J connectivity index is 1.93. The quantitative estimate of drug-likeness (QED) is 0.663. The van der Waals surface area contributed by atoms with Gasteiger partial charge in [-0.25, -0.2) is 0 Å². The van der Waals surface area contributed by atoms with Gasteiger partial charge in [0.25, 0.3) is 0 Å². The summed E-state index contributed by atoms with van der Waals surface area (Å²) in [5.74, 6) is 0.305. The number of anilines is 2. The lowest BCUT2D eigenvalue weighted by atomic mass is 10.4. The maximum absolute atomic E-state index is 5.36. The molecule has 0 amide bonds. The van der Waals surface area contributed by atoms with Crippen molar-refractivity contribution in [1.82, 2.24) is 19.6 Å². The largest absolute Gasteiger partial charge is 0.367 e. The van der Waals surface area contributed by atoms with Crippen molar-refractivity contribution in [3.05, 3.63) is 18.0 Å². The average Bonchev–Trinajstić information content (AvgIpc) is 2.71. The van der Waals surface area contributed by atoms with Gasteiger partial charge in [-0.2, -0.15) is 14.5 Å². The van der Waals surface area contributed by atoms with Crippen molar-refractivity contribution in [1.29, 1.82) is 0 Å². The Morgan fingerprint density at radius 1 is 1.62 bits per heavy atom. The zero-order chi connectivity index (χ0) is 9.10. The molecule has 0 radical (unpaired) electrons. The highest BCUT2D eigenvalue weighted by Crippen LogP contribution is 2.12. The second-order valence-electron chi connectivity index (χ2n) is 2.42. The number of H-pyrrole nitrogens is 1. The summed E-state index contributed by atoms with van der Waals surface area (Å²) in [6.45, 7) is 0.672. The first-order valence-corrected chi connectivity index (χ1v) is 4.42. The molecule has 0 fully saturated rings. The molecule has 0 aromatic carbocycles. The van der Waals surface area contributed by atoms with Crippen LogP contribution in [0.3, 0.4) is 0 Å². The molecule has 0 aliphatic carbocycles. The minimum absolute atomic E-state index is 0.305. The minimum atomic E-state index is 0.305. The first kappa shape index (κ1) is 7.99. The molecule has 2 aromatic rings. The fraction of sp³-hybridized carbons (Fsp3) is 0.167. The van der Waals surface area contributed by atoms with E-state index in [-0.39, 0.29) is 0 Å². The zero-order valence-corrected chi connectivity index (χ0v) is 7.51. The summed E-state index contributed by atoms with van der Waals surface area (Å²) in [6.07, 6.45) is 3.56. The van der Waals surface area contributed by atoms with E-state index in [1.165, 1.54) is 11.5 Å². The molecule has 68 valence electrons. The van der Waals surface area contributed by atoms with Crippen LogP contribution in [-0.2, 0) is 6.54 Å². The van der Waals surface area contributed by atoms with Crippen LogP contribution in [0.2, 0.25) is 0 Å². The van der Waals surface area contributed by atoms with Crippen LogP contribution >= 0.6 is 11.5 Å². The van der Waals surface area contributed by atoms with Crippen molar-refractivity contribution < 1.29 is 0 Å². The molecule has 2 aromatic heterocycles. The average molecular weight is 196 g/mol. The number of hydrogen-bond donors (Lipinski definition) is 3. The van der Waals surface area contributed by atoms with Gasteiger partial charge in [0, 0.05) is 29.8 Å². The van der Waals surface area contributed by atoms with Gasteiger partial charge in [0.15, 0.2) is 0 Å². The molecule has 4 N–H and O–H groups in total. The van der Waals surface area contributed by atoms with E-state index in [1.54, 1.807) is 6.20 Å². The molecule has 6 nitrogen and oxygen atoms in total. The van der Waals surface area contributed by atoms with Crippen LogP contribution in [0, 0.1) is 0 Å². The summed E-state index contributed by atoms with van der Waals surface area (Å²) in [7, 11) is 0. The molecular weight excluding hydrogens is 188 g/mol. The number of aromatic nitrogens is 4. The van der Waals surface area contributed by atoms with Gasteiger partial charge >= 0.3 is 0 Å². The molecule has 13 heavy (non-hydrogen) atoms. The van der Waals surface area contributed by atoms with Crippen LogP contribution in [0.1, 0.15) is 5.56 Å². The summed E-state index contributed by atoms with van der Waals surface area (Å²) in [6, 6.07) is 0. The summed E-state index contributed by atoms with van der Waals surface area (Å²) in [5, 5.41) is 10.3. The Labute approximate surface area is 78.4 Å². The van der Waals surface area contributed by atoms with Gasteiger partial charge in [0.1, 0.15) is 0 Å². The third-order valence-corrected chi connectivity index (χ3v) is 2.13. The summed E-state index contributed by atoms with van der Waals surface area (Å²) in [4.78, 5) is 3.95. The number of nitrogens with two attached hydrogens (primary N) is 1. The van der Waals surface area contributed by atoms with E-state index in [0.29, 0.717) is 12.5 Å². The number of hydrogen-bond acceptors (Lipinski definition) is 6. The maximum Gasteiger partial charge on any atom is 0.233 e. The van der Waals surface area contributed by atoms with Crippen LogP contribution in [0.25, 0.3) is 0 Å². The van der Waals surface area contributed by atoms with E-state index in [9.17, 15) is 0 Å². The van der Waals surface area contributed by atoms with E-state index in [2.05, 4.69) is 24.9 Å². The topological polar surface area (TPSA) is 92.5 Å². The van der Waals surface area contributed by atoms with Crippen LogP contribution in [0.5, 0.6) is 0 Å². The first-order chi connectivity index (χ1) is 6.34. The fourth-order valence-electron chi connectivity index (χ4n) is 0.859. The SMILES string of the molecule is Nc1nsc(NCc2cn[nH]c2)n1. The highest BCUT2D eigenvalue weighted by Gasteiger charge is 1.99. The molecule has 0 unspecified atom stereocenters. The monoisotopic (exact) mass is 196 g/mol. The Morgan fingerprint density at radius 3 is 3.15 bits per heavy atom. The third kappa shape index (κ3) is 1.94. The van der Waals surface area contributed by atoms with Crippen molar-refractivity contribution in [3.8, 4) is 0 Å². The van der Waals surface area contributed by atoms with Crippen LogP contribution in [-0.4, -0.2) is 19.6 Å². The predicted octanol–water partition coefficient (Wildman–Crippen LogP) is 0.455. The predicted molar refractivity (Wildman–Crippen MR) is 50.2 cm³/mol. The summed E-state index contributed by atoms with van der Waals surface area (Å²) in [5.41, 5.74) is 6.42. The second kappa shape index (κ2) is 3.40. The smallest absolute Gasteiger partial charge is 0.233 e. The Kier molecular flexibility index (Phi) is 2.09. The van der Waals surface area contributed by atoms with E-state index in [4.69, 9.17) is 5.73 Å². The molecule has 7 heteroatoms. The Bertz CT molecular complexity index is 366. The molecule has 0 bridgehead atoms. The lowest BCUT2D eigenvalue weighted by Gasteiger charge is -1.96. The molecule has 0 saturated heterocycles. The number of nitrogens with one attached hydrogen (secondary N) is 2. The Morgan fingerprint density at radius 2 is 2.54 bits per heavy atom. The molecule has 2 rings (SSSR count). The van der Waals surface area contributed by atoms with E-state index in [0.717, 1.165) is 10.7 Å². The normalized spacial score (nSPS) is 10.2. The highest BCUT2D eigenvalue weighted by atomic mass is 32.1. The molecule has 0 atom stereocenters. The number of aromatic amines is 1. The maximum atomic E-state index is 5.36. The van der Waals surface area contributed by atoms with Crippen molar-refractivity contribution >= 4 is 22.6 Å². The number of nitrogens with zero attached hydrogens (tertiary/aromatic N) is 3. The van der Waals surface area contributed by atoms with E-state index >= 15 is 0 Å². The standard InChI is InChI=1S/C6H8N6S/c7-5-11-6(13-12-5)8-1-4-2-9-10-3-4/h2-3H,1H2,(H,9,10)(H3,7,8,11,12). The number of rotatable bonds is 3.